The highest BCUT2D eigenvalue weighted by Crippen LogP contribution is 2.08. The topological polar surface area (TPSA) is 54.9 Å². The summed E-state index contributed by atoms with van der Waals surface area (Å²) in [5.74, 6) is -0.626. The standard InChI is InChI=1S/C9H7FN2O2/c1-12-8(13)7-5(10)3-2-4-6(7)11-9(12)14/h2-4H,1H3,(H,11,14). The minimum atomic E-state index is -0.626. The summed E-state index contributed by atoms with van der Waals surface area (Å²) < 4.78 is 14.1. The van der Waals surface area contributed by atoms with Crippen molar-refractivity contribution in [1.29, 1.82) is 0 Å². The van der Waals surface area contributed by atoms with Gasteiger partial charge in [0.2, 0.25) is 0 Å². The summed E-state index contributed by atoms with van der Waals surface area (Å²) in [7, 11) is 1.30. The molecular formula is C9H7FN2O2. The summed E-state index contributed by atoms with van der Waals surface area (Å²) in [6.45, 7) is 0. The van der Waals surface area contributed by atoms with Gasteiger partial charge in [0.15, 0.2) is 0 Å². The Hall–Kier alpha value is -1.91. The molecule has 1 aromatic heterocycles. The molecule has 2 aromatic rings. The monoisotopic (exact) mass is 194 g/mol. The van der Waals surface area contributed by atoms with Gasteiger partial charge in [-0.3, -0.25) is 9.36 Å². The van der Waals surface area contributed by atoms with Gasteiger partial charge in [-0.15, -0.1) is 0 Å². The highest BCUT2D eigenvalue weighted by molar-refractivity contribution is 5.77. The number of halogens is 1. The Balaban J connectivity index is 3.15. The maximum absolute atomic E-state index is 13.2. The summed E-state index contributed by atoms with van der Waals surface area (Å²) >= 11 is 0. The van der Waals surface area contributed by atoms with E-state index < -0.39 is 17.1 Å². The summed E-state index contributed by atoms with van der Waals surface area (Å²) in [6, 6.07) is 4.11. The molecule has 72 valence electrons. The molecule has 0 saturated heterocycles. The molecule has 4 nitrogen and oxygen atoms in total. The van der Waals surface area contributed by atoms with Gasteiger partial charge in [0, 0.05) is 7.05 Å². The van der Waals surface area contributed by atoms with E-state index in [1.54, 1.807) is 0 Å². The van der Waals surface area contributed by atoms with Gasteiger partial charge in [0.1, 0.15) is 5.82 Å². The van der Waals surface area contributed by atoms with E-state index in [1.165, 1.54) is 25.2 Å². The van der Waals surface area contributed by atoms with Crippen LogP contribution < -0.4 is 11.2 Å². The van der Waals surface area contributed by atoms with Crippen molar-refractivity contribution in [2.45, 2.75) is 0 Å². The average molecular weight is 194 g/mol. The van der Waals surface area contributed by atoms with Crippen LogP contribution in [0.4, 0.5) is 4.39 Å². The second-order valence-electron chi connectivity index (χ2n) is 2.96. The van der Waals surface area contributed by atoms with E-state index in [4.69, 9.17) is 0 Å². The average Bonchev–Trinajstić information content (AvgIpc) is 2.14. The Labute approximate surface area is 77.6 Å². The van der Waals surface area contributed by atoms with Crippen LogP contribution in [-0.2, 0) is 7.05 Å². The molecule has 0 atom stereocenters. The molecule has 14 heavy (non-hydrogen) atoms. The maximum Gasteiger partial charge on any atom is 0.328 e. The first kappa shape index (κ1) is 8.68. The van der Waals surface area contributed by atoms with Crippen LogP contribution in [-0.4, -0.2) is 9.55 Å². The fourth-order valence-electron chi connectivity index (χ4n) is 1.30. The quantitative estimate of drug-likeness (QED) is 0.658. The molecule has 0 amide bonds. The Bertz CT molecular complexity index is 612. The molecule has 0 unspecified atom stereocenters. The number of fused-ring (bicyclic) bond motifs is 1. The van der Waals surface area contributed by atoms with Crippen molar-refractivity contribution in [3.63, 3.8) is 0 Å². The van der Waals surface area contributed by atoms with Crippen molar-refractivity contribution < 1.29 is 4.39 Å². The Morgan fingerprint density at radius 3 is 2.79 bits per heavy atom. The van der Waals surface area contributed by atoms with Crippen LogP contribution in [0.1, 0.15) is 0 Å². The number of nitrogens with zero attached hydrogens (tertiary/aromatic N) is 1. The zero-order valence-corrected chi connectivity index (χ0v) is 7.37. The third kappa shape index (κ3) is 1.06. The molecule has 0 bridgehead atoms. The van der Waals surface area contributed by atoms with Crippen molar-refractivity contribution in [3.8, 4) is 0 Å². The first-order chi connectivity index (χ1) is 6.61. The number of hydrogen-bond donors (Lipinski definition) is 1. The van der Waals surface area contributed by atoms with Crippen LogP contribution in [0.25, 0.3) is 10.9 Å². The van der Waals surface area contributed by atoms with Gasteiger partial charge in [-0.1, -0.05) is 6.07 Å². The summed E-state index contributed by atoms with van der Waals surface area (Å²) in [6.07, 6.45) is 0. The highest BCUT2D eigenvalue weighted by atomic mass is 19.1. The fourth-order valence-corrected chi connectivity index (χ4v) is 1.30. The number of benzene rings is 1. The molecule has 0 saturated carbocycles. The minimum Gasteiger partial charge on any atom is -0.307 e. The predicted molar refractivity (Wildman–Crippen MR) is 49.8 cm³/mol. The molecule has 1 heterocycles. The van der Waals surface area contributed by atoms with Crippen LogP contribution in [0.5, 0.6) is 0 Å². The molecule has 0 fully saturated rings. The molecule has 0 radical (unpaired) electrons. The maximum atomic E-state index is 13.2. The predicted octanol–water partition coefficient (Wildman–Crippen LogP) is 0.366. The van der Waals surface area contributed by atoms with E-state index in [2.05, 4.69) is 4.98 Å². The number of aromatic amines is 1. The van der Waals surface area contributed by atoms with Crippen molar-refractivity contribution in [3.05, 3.63) is 44.9 Å². The number of H-pyrrole nitrogens is 1. The van der Waals surface area contributed by atoms with Gasteiger partial charge in [-0.05, 0) is 12.1 Å². The van der Waals surface area contributed by atoms with E-state index in [9.17, 15) is 14.0 Å². The number of hydrogen-bond acceptors (Lipinski definition) is 2. The lowest BCUT2D eigenvalue weighted by Crippen LogP contribution is -2.32. The first-order valence-corrected chi connectivity index (χ1v) is 3.99. The molecule has 1 aromatic carbocycles. The SMILES string of the molecule is Cn1c(=O)[nH]c2cccc(F)c2c1=O. The lowest BCUT2D eigenvalue weighted by molar-refractivity contribution is 0.635. The Kier molecular flexibility index (Phi) is 1.73. The van der Waals surface area contributed by atoms with Gasteiger partial charge in [0.05, 0.1) is 10.9 Å². The molecule has 0 aliphatic carbocycles. The van der Waals surface area contributed by atoms with Gasteiger partial charge in [-0.25, -0.2) is 9.18 Å². The largest absolute Gasteiger partial charge is 0.328 e. The lowest BCUT2D eigenvalue weighted by Gasteiger charge is -2.00. The second-order valence-corrected chi connectivity index (χ2v) is 2.96. The minimum absolute atomic E-state index is 0.0883. The number of aromatic nitrogens is 2. The zero-order chi connectivity index (χ0) is 10.3. The summed E-state index contributed by atoms with van der Waals surface area (Å²) in [5.41, 5.74) is -0.951. The second kappa shape index (κ2) is 2.80. The van der Waals surface area contributed by atoms with E-state index in [-0.39, 0.29) is 10.9 Å². The molecule has 1 N–H and O–H groups in total. The molecule has 0 spiro atoms. The normalized spacial score (nSPS) is 10.7. The van der Waals surface area contributed by atoms with Crippen LogP contribution in [0.3, 0.4) is 0 Å². The van der Waals surface area contributed by atoms with E-state index in [0.29, 0.717) is 0 Å². The van der Waals surface area contributed by atoms with Gasteiger partial charge in [0.25, 0.3) is 5.56 Å². The smallest absolute Gasteiger partial charge is 0.307 e. The summed E-state index contributed by atoms with van der Waals surface area (Å²) in [5, 5.41) is -0.0883. The third-order valence-corrected chi connectivity index (χ3v) is 2.08. The molecular weight excluding hydrogens is 187 g/mol. The summed E-state index contributed by atoms with van der Waals surface area (Å²) in [4.78, 5) is 25.0. The van der Waals surface area contributed by atoms with Crippen LogP contribution in [0.2, 0.25) is 0 Å². The fraction of sp³-hybridized carbons (Fsp3) is 0.111. The number of nitrogens with one attached hydrogen (secondary N) is 1. The van der Waals surface area contributed by atoms with E-state index in [0.717, 1.165) is 4.57 Å². The van der Waals surface area contributed by atoms with Crippen molar-refractivity contribution >= 4 is 10.9 Å². The Morgan fingerprint density at radius 2 is 2.07 bits per heavy atom. The zero-order valence-electron chi connectivity index (χ0n) is 7.37. The molecule has 5 heteroatoms. The first-order valence-electron chi connectivity index (χ1n) is 3.99. The van der Waals surface area contributed by atoms with Crippen molar-refractivity contribution in [2.75, 3.05) is 0 Å². The van der Waals surface area contributed by atoms with Crippen LogP contribution in [0.15, 0.2) is 27.8 Å². The van der Waals surface area contributed by atoms with Gasteiger partial charge in [-0.2, -0.15) is 0 Å². The van der Waals surface area contributed by atoms with E-state index in [1.807, 2.05) is 0 Å². The molecule has 2 rings (SSSR count). The van der Waals surface area contributed by atoms with Gasteiger partial charge >= 0.3 is 5.69 Å². The number of rotatable bonds is 0. The van der Waals surface area contributed by atoms with E-state index >= 15 is 0 Å². The van der Waals surface area contributed by atoms with Crippen molar-refractivity contribution in [2.24, 2.45) is 7.05 Å². The highest BCUT2D eigenvalue weighted by Gasteiger charge is 2.07. The van der Waals surface area contributed by atoms with Crippen LogP contribution in [0, 0.1) is 5.82 Å². The Morgan fingerprint density at radius 1 is 1.36 bits per heavy atom. The molecule has 0 aliphatic rings. The molecule has 0 aliphatic heterocycles. The van der Waals surface area contributed by atoms with Crippen molar-refractivity contribution in [1.82, 2.24) is 9.55 Å². The lowest BCUT2D eigenvalue weighted by atomic mass is 10.2. The third-order valence-electron chi connectivity index (χ3n) is 2.08. The van der Waals surface area contributed by atoms with Crippen LogP contribution >= 0.6 is 0 Å². The van der Waals surface area contributed by atoms with Gasteiger partial charge < -0.3 is 4.98 Å².